The minimum absolute atomic E-state index is 0.0876. The Morgan fingerprint density at radius 1 is 1.24 bits per heavy atom. The van der Waals surface area contributed by atoms with Crippen molar-refractivity contribution in [3.8, 4) is 5.88 Å². The average Bonchev–Trinajstić information content (AvgIpc) is 2.67. The second-order valence-electron chi connectivity index (χ2n) is 6.29. The third kappa shape index (κ3) is 4.92. The molecule has 0 unspecified atom stereocenters. The number of carbonyl (C=O) groups excluding carboxylic acids is 1. The number of rotatable bonds is 6. The summed E-state index contributed by atoms with van der Waals surface area (Å²) in [6.45, 7) is 1.84. The number of methoxy groups -OCH3 is 1. The fourth-order valence-corrected chi connectivity index (χ4v) is 3.14. The van der Waals surface area contributed by atoms with Gasteiger partial charge in [-0.1, -0.05) is 30.3 Å². The standard InChI is InChI=1S/C19H24N4O2/c1-25-17-7-10-20-19(22-17)21-14-18(24)23-11-8-16(9-12-23)13-15-5-3-2-4-6-15/h2-7,10,16H,8-9,11-14H2,1H3,(H,20,21,22). The Labute approximate surface area is 148 Å². The predicted octanol–water partition coefficient (Wildman–Crippen LogP) is 2.38. The number of aromatic nitrogens is 2. The number of ether oxygens (including phenoxy) is 1. The van der Waals surface area contributed by atoms with Gasteiger partial charge < -0.3 is 15.0 Å². The van der Waals surface area contributed by atoms with Gasteiger partial charge in [-0.25, -0.2) is 4.98 Å². The summed E-state index contributed by atoms with van der Waals surface area (Å²) >= 11 is 0. The van der Waals surface area contributed by atoms with E-state index in [0.29, 0.717) is 17.7 Å². The zero-order valence-corrected chi connectivity index (χ0v) is 14.5. The van der Waals surface area contributed by atoms with Gasteiger partial charge in [0.05, 0.1) is 13.7 Å². The molecule has 1 aromatic heterocycles. The van der Waals surface area contributed by atoms with Crippen molar-refractivity contribution < 1.29 is 9.53 Å². The number of benzene rings is 1. The molecule has 1 saturated heterocycles. The summed E-state index contributed by atoms with van der Waals surface area (Å²) in [5.74, 6) is 1.63. The number of hydrogen-bond donors (Lipinski definition) is 1. The number of anilines is 1. The highest BCUT2D eigenvalue weighted by molar-refractivity contribution is 5.80. The molecule has 1 N–H and O–H groups in total. The summed E-state index contributed by atoms with van der Waals surface area (Å²) in [6, 6.07) is 12.2. The van der Waals surface area contributed by atoms with Crippen LogP contribution < -0.4 is 10.1 Å². The van der Waals surface area contributed by atoms with E-state index in [4.69, 9.17) is 4.74 Å². The van der Waals surface area contributed by atoms with Crippen LogP contribution in [0.25, 0.3) is 0 Å². The first-order valence-electron chi connectivity index (χ1n) is 8.67. The minimum Gasteiger partial charge on any atom is -0.481 e. The first kappa shape index (κ1) is 17.2. The molecule has 0 bridgehead atoms. The lowest BCUT2D eigenvalue weighted by molar-refractivity contribution is -0.130. The van der Waals surface area contributed by atoms with E-state index in [0.717, 1.165) is 32.4 Å². The number of nitrogens with zero attached hydrogens (tertiary/aromatic N) is 3. The van der Waals surface area contributed by atoms with E-state index in [1.54, 1.807) is 19.4 Å². The molecular formula is C19H24N4O2. The molecule has 6 heteroatoms. The van der Waals surface area contributed by atoms with Crippen LogP contribution in [0.2, 0.25) is 0 Å². The molecule has 0 atom stereocenters. The fraction of sp³-hybridized carbons (Fsp3) is 0.421. The van der Waals surface area contributed by atoms with Crippen molar-refractivity contribution in [3.63, 3.8) is 0 Å². The van der Waals surface area contributed by atoms with Crippen LogP contribution in [0.4, 0.5) is 5.95 Å². The SMILES string of the molecule is COc1ccnc(NCC(=O)N2CCC(Cc3ccccc3)CC2)n1. The smallest absolute Gasteiger partial charge is 0.241 e. The van der Waals surface area contributed by atoms with Gasteiger partial charge in [-0.2, -0.15) is 4.98 Å². The molecule has 0 radical (unpaired) electrons. The maximum absolute atomic E-state index is 12.4. The van der Waals surface area contributed by atoms with Crippen molar-refractivity contribution >= 4 is 11.9 Å². The van der Waals surface area contributed by atoms with Gasteiger partial charge in [0, 0.05) is 25.4 Å². The lowest BCUT2D eigenvalue weighted by atomic mass is 9.90. The van der Waals surface area contributed by atoms with Gasteiger partial charge >= 0.3 is 0 Å². The maximum Gasteiger partial charge on any atom is 0.241 e. The molecule has 0 aliphatic carbocycles. The van der Waals surface area contributed by atoms with Gasteiger partial charge in [0.2, 0.25) is 17.7 Å². The number of carbonyl (C=O) groups is 1. The highest BCUT2D eigenvalue weighted by Crippen LogP contribution is 2.21. The van der Waals surface area contributed by atoms with E-state index in [9.17, 15) is 4.79 Å². The van der Waals surface area contributed by atoms with Crippen LogP contribution >= 0.6 is 0 Å². The summed E-state index contributed by atoms with van der Waals surface area (Å²) in [6.07, 6.45) is 4.80. The summed E-state index contributed by atoms with van der Waals surface area (Å²) in [7, 11) is 1.55. The molecule has 1 aromatic carbocycles. The third-order valence-corrected chi connectivity index (χ3v) is 4.57. The Morgan fingerprint density at radius 2 is 2.00 bits per heavy atom. The minimum atomic E-state index is 0.0876. The first-order valence-corrected chi connectivity index (χ1v) is 8.67. The Hall–Kier alpha value is -2.63. The molecule has 25 heavy (non-hydrogen) atoms. The van der Waals surface area contributed by atoms with E-state index in [1.807, 2.05) is 11.0 Å². The van der Waals surface area contributed by atoms with Crippen molar-refractivity contribution in [1.82, 2.24) is 14.9 Å². The van der Waals surface area contributed by atoms with Crippen molar-refractivity contribution in [3.05, 3.63) is 48.2 Å². The van der Waals surface area contributed by atoms with Gasteiger partial charge in [-0.05, 0) is 30.7 Å². The van der Waals surface area contributed by atoms with Gasteiger partial charge in [0.1, 0.15) is 0 Å². The summed E-state index contributed by atoms with van der Waals surface area (Å²) < 4.78 is 5.05. The molecular weight excluding hydrogens is 316 g/mol. The predicted molar refractivity (Wildman–Crippen MR) is 96.5 cm³/mol. The van der Waals surface area contributed by atoms with Crippen molar-refractivity contribution in [2.45, 2.75) is 19.3 Å². The van der Waals surface area contributed by atoms with Gasteiger partial charge in [0.15, 0.2) is 0 Å². The molecule has 1 fully saturated rings. The van der Waals surface area contributed by atoms with Crippen LogP contribution in [0.15, 0.2) is 42.6 Å². The highest BCUT2D eigenvalue weighted by Gasteiger charge is 2.22. The van der Waals surface area contributed by atoms with Crippen LogP contribution in [-0.2, 0) is 11.2 Å². The van der Waals surface area contributed by atoms with Gasteiger partial charge in [0.25, 0.3) is 0 Å². The second kappa shape index (κ2) is 8.46. The van der Waals surface area contributed by atoms with Gasteiger partial charge in [-0.15, -0.1) is 0 Å². The molecule has 0 saturated carbocycles. The summed E-state index contributed by atoms with van der Waals surface area (Å²) in [5.41, 5.74) is 1.38. The van der Waals surface area contributed by atoms with E-state index < -0.39 is 0 Å². The average molecular weight is 340 g/mol. The van der Waals surface area contributed by atoms with Crippen molar-refractivity contribution in [2.75, 3.05) is 32.1 Å². The number of likely N-dealkylation sites (tertiary alicyclic amines) is 1. The van der Waals surface area contributed by atoms with Crippen molar-refractivity contribution in [1.29, 1.82) is 0 Å². The third-order valence-electron chi connectivity index (χ3n) is 4.57. The number of nitrogens with one attached hydrogen (secondary N) is 1. The van der Waals surface area contributed by atoms with Crippen LogP contribution in [0.1, 0.15) is 18.4 Å². The van der Waals surface area contributed by atoms with Crippen LogP contribution in [-0.4, -0.2) is 47.5 Å². The molecule has 0 spiro atoms. The Bertz CT molecular complexity index is 685. The zero-order valence-electron chi connectivity index (χ0n) is 14.5. The number of amides is 1. The maximum atomic E-state index is 12.4. The lowest BCUT2D eigenvalue weighted by Crippen LogP contribution is -2.41. The lowest BCUT2D eigenvalue weighted by Gasteiger charge is -2.32. The zero-order chi connectivity index (χ0) is 17.5. The Morgan fingerprint density at radius 3 is 2.72 bits per heavy atom. The largest absolute Gasteiger partial charge is 0.481 e. The van der Waals surface area contributed by atoms with Crippen LogP contribution in [0, 0.1) is 5.92 Å². The fourth-order valence-electron chi connectivity index (χ4n) is 3.14. The van der Waals surface area contributed by atoms with E-state index in [1.165, 1.54) is 5.56 Å². The second-order valence-corrected chi connectivity index (χ2v) is 6.29. The number of piperidine rings is 1. The molecule has 1 aliphatic heterocycles. The quantitative estimate of drug-likeness (QED) is 0.874. The van der Waals surface area contributed by atoms with E-state index in [-0.39, 0.29) is 12.5 Å². The van der Waals surface area contributed by atoms with Crippen LogP contribution in [0.3, 0.4) is 0 Å². The number of hydrogen-bond acceptors (Lipinski definition) is 5. The Balaban J connectivity index is 1.43. The highest BCUT2D eigenvalue weighted by atomic mass is 16.5. The first-order chi connectivity index (χ1) is 12.2. The molecule has 132 valence electrons. The van der Waals surface area contributed by atoms with E-state index >= 15 is 0 Å². The summed E-state index contributed by atoms with van der Waals surface area (Å²) in [5, 5.41) is 2.97. The summed E-state index contributed by atoms with van der Waals surface area (Å²) in [4.78, 5) is 22.5. The normalized spacial score (nSPS) is 15.0. The van der Waals surface area contributed by atoms with Crippen LogP contribution in [0.5, 0.6) is 5.88 Å². The monoisotopic (exact) mass is 340 g/mol. The Kier molecular flexibility index (Phi) is 5.82. The molecule has 3 rings (SSSR count). The topological polar surface area (TPSA) is 67.3 Å². The molecule has 2 heterocycles. The molecule has 6 nitrogen and oxygen atoms in total. The molecule has 1 amide bonds. The van der Waals surface area contributed by atoms with Gasteiger partial charge in [-0.3, -0.25) is 4.79 Å². The van der Waals surface area contributed by atoms with E-state index in [2.05, 4.69) is 39.6 Å². The van der Waals surface area contributed by atoms with Crippen molar-refractivity contribution in [2.24, 2.45) is 5.92 Å². The molecule has 2 aromatic rings. The molecule has 1 aliphatic rings.